The zero-order chi connectivity index (χ0) is 16.4. The second-order valence-electron chi connectivity index (χ2n) is 6.64. The summed E-state index contributed by atoms with van der Waals surface area (Å²) in [4.78, 5) is 19.5. The number of amides is 1. The lowest BCUT2D eigenvalue weighted by atomic mass is 9.84. The number of carbonyl (C=O) groups is 1. The quantitative estimate of drug-likeness (QED) is 0.852. The van der Waals surface area contributed by atoms with E-state index >= 15 is 0 Å². The molecule has 3 rings (SSSR count). The second-order valence-corrected chi connectivity index (χ2v) is 6.64. The third-order valence-electron chi connectivity index (χ3n) is 5.35. The van der Waals surface area contributed by atoms with Crippen molar-refractivity contribution < 1.29 is 14.7 Å². The Balaban J connectivity index is 1.61. The van der Waals surface area contributed by atoms with E-state index in [1.807, 2.05) is 6.07 Å². The van der Waals surface area contributed by atoms with Gasteiger partial charge in [0, 0.05) is 25.4 Å². The highest BCUT2D eigenvalue weighted by molar-refractivity contribution is 5.77. The highest BCUT2D eigenvalue weighted by Gasteiger charge is 2.35. The highest BCUT2D eigenvalue weighted by atomic mass is 16.7. The molecule has 1 heterocycles. The first-order valence-electron chi connectivity index (χ1n) is 8.40. The van der Waals surface area contributed by atoms with Crippen molar-refractivity contribution >= 4 is 5.91 Å². The number of piperidine rings is 1. The van der Waals surface area contributed by atoms with E-state index in [2.05, 4.69) is 23.1 Å². The lowest BCUT2D eigenvalue weighted by molar-refractivity contribution is -0.175. The summed E-state index contributed by atoms with van der Waals surface area (Å²) in [7, 11) is 3.18. The van der Waals surface area contributed by atoms with Crippen LogP contribution in [0.5, 0.6) is 0 Å². The number of fused-ring (bicyclic) bond motifs is 1. The molecule has 1 fully saturated rings. The third kappa shape index (κ3) is 3.42. The molecule has 2 atom stereocenters. The van der Waals surface area contributed by atoms with E-state index < -0.39 is 0 Å². The fourth-order valence-corrected chi connectivity index (χ4v) is 3.88. The Morgan fingerprint density at radius 1 is 1.22 bits per heavy atom. The number of rotatable bonds is 3. The third-order valence-corrected chi connectivity index (χ3v) is 5.35. The summed E-state index contributed by atoms with van der Waals surface area (Å²) in [5.41, 5.74) is 2.61. The van der Waals surface area contributed by atoms with Crippen molar-refractivity contribution in [3.63, 3.8) is 0 Å². The molecule has 0 spiro atoms. The SMILES string of the molecule is CON(C)C(=O)C1CCN(C2Cc3ccccc3CC2O)CC1. The van der Waals surface area contributed by atoms with Gasteiger partial charge in [0.2, 0.25) is 5.91 Å². The van der Waals surface area contributed by atoms with Gasteiger partial charge < -0.3 is 5.11 Å². The Hall–Kier alpha value is -1.43. The molecule has 1 saturated heterocycles. The van der Waals surface area contributed by atoms with Crippen LogP contribution in [-0.4, -0.2) is 60.4 Å². The number of hydrogen-bond acceptors (Lipinski definition) is 4. The van der Waals surface area contributed by atoms with Gasteiger partial charge in [-0.3, -0.25) is 14.5 Å². The van der Waals surface area contributed by atoms with Gasteiger partial charge in [-0.05, 0) is 43.5 Å². The van der Waals surface area contributed by atoms with Crippen LogP contribution >= 0.6 is 0 Å². The number of aliphatic hydroxyl groups excluding tert-OH is 1. The summed E-state index contributed by atoms with van der Waals surface area (Å²) in [6.07, 6.45) is 2.97. The first-order chi connectivity index (χ1) is 11.1. The maximum atomic E-state index is 12.2. The zero-order valence-electron chi connectivity index (χ0n) is 13.9. The summed E-state index contributed by atoms with van der Waals surface area (Å²) >= 11 is 0. The number of hydrogen-bond donors (Lipinski definition) is 1. The molecule has 1 amide bonds. The summed E-state index contributed by atoms with van der Waals surface area (Å²) in [5.74, 6) is 0.0888. The molecule has 1 aliphatic carbocycles. The van der Waals surface area contributed by atoms with Gasteiger partial charge in [-0.25, -0.2) is 5.06 Å². The molecular formula is C18H26N2O3. The molecule has 126 valence electrons. The summed E-state index contributed by atoms with van der Waals surface area (Å²) < 4.78 is 0. The first kappa shape index (κ1) is 16.4. The monoisotopic (exact) mass is 318 g/mol. The minimum absolute atomic E-state index is 0.0317. The van der Waals surface area contributed by atoms with Crippen LogP contribution in [0.2, 0.25) is 0 Å². The highest BCUT2D eigenvalue weighted by Crippen LogP contribution is 2.28. The van der Waals surface area contributed by atoms with E-state index in [0.29, 0.717) is 0 Å². The van der Waals surface area contributed by atoms with Crippen LogP contribution in [-0.2, 0) is 22.5 Å². The van der Waals surface area contributed by atoms with Gasteiger partial charge in [0.25, 0.3) is 0 Å². The summed E-state index contributed by atoms with van der Waals surface area (Å²) in [6.45, 7) is 1.72. The zero-order valence-corrected chi connectivity index (χ0v) is 13.9. The molecule has 2 unspecified atom stereocenters. The van der Waals surface area contributed by atoms with Crippen LogP contribution in [0, 0.1) is 5.92 Å². The molecule has 1 N–H and O–H groups in total. The Labute approximate surface area is 137 Å². The van der Waals surface area contributed by atoms with Crippen LogP contribution in [0.15, 0.2) is 24.3 Å². The molecule has 23 heavy (non-hydrogen) atoms. The van der Waals surface area contributed by atoms with Gasteiger partial charge in [0.1, 0.15) is 0 Å². The Kier molecular flexibility index (Phi) is 4.99. The number of benzene rings is 1. The average Bonchev–Trinajstić information content (AvgIpc) is 2.60. The lowest BCUT2D eigenvalue weighted by Gasteiger charge is -2.42. The van der Waals surface area contributed by atoms with Crippen molar-refractivity contribution in [3.05, 3.63) is 35.4 Å². The molecule has 1 aromatic carbocycles. The molecule has 0 radical (unpaired) electrons. The fourth-order valence-electron chi connectivity index (χ4n) is 3.88. The molecular weight excluding hydrogens is 292 g/mol. The van der Waals surface area contributed by atoms with Crippen LogP contribution in [0.1, 0.15) is 24.0 Å². The van der Waals surface area contributed by atoms with Gasteiger partial charge in [-0.1, -0.05) is 24.3 Å². The molecule has 2 aliphatic rings. The van der Waals surface area contributed by atoms with Crippen molar-refractivity contribution in [2.75, 3.05) is 27.2 Å². The maximum absolute atomic E-state index is 12.2. The van der Waals surface area contributed by atoms with Crippen molar-refractivity contribution in [3.8, 4) is 0 Å². The normalized spacial score (nSPS) is 25.9. The number of likely N-dealkylation sites (tertiary alicyclic amines) is 1. The number of hydroxylamine groups is 2. The molecule has 5 heteroatoms. The van der Waals surface area contributed by atoms with Crippen molar-refractivity contribution in [1.82, 2.24) is 9.96 Å². The van der Waals surface area contributed by atoms with Crippen molar-refractivity contribution in [2.24, 2.45) is 5.92 Å². The second kappa shape index (κ2) is 6.99. The standard InChI is InChI=1S/C18H26N2O3/c1-19(23-2)18(22)13-7-9-20(10-8-13)16-11-14-5-3-4-6-15(14)12-17(16)21/h3-6,13,16-17,21H,7-12H2,1-2H3. The van der Waals surface area contributed by atoms with E-state index in [-0.39, 0.29) is 24.0 Å². The maximum Gasteiger partial charge on any atom is 0.249 e. The van der Waals surface area contributed by atoms with Crippen LogP contribution in [0.25, 0.3) is 0 Å². The topological polar surface area (TPSA) is 53.0 Å². The number of nitrogens with zero attached hydrogens (tertiary/aromatic N) is 2. The molecule has 1 aliphatic heterocycles. The Morgan fingerprint density at radius 3 is 2.43 bits per heavy atom. The summed E-state index contributed by atoms with van der Waals surface area (Å²) in [6, 6.07) is 8.55. The largest absolute Gasteiger partial charge is 0.391 e. The van der Waals surface area contributed by atoms with Crippen molar-refractivity contribution in [1.29, 1.82) is 0 Å². The van der Waals surface area contributed by atoms with Crippen LogP contribution in [0.3, 0.4) is 0 Å². The van der Waals surface area contributed by atoms with Gasteiger partial charge >= 0.3 is 0 Å². The van der Waals surface area contributed by atoms with E-state index in [1.165, 1.54) is 23.3 Å². The molecule has 5 nitrogen and oxygen atoms in total. The van der Waals surface area contributed by atoms with Gasteiger partial charge in [0.15, 0.2) is 0 Å². The molecule has 0 bridgehead atoms. The Bertz CT molecular complexity index is 555. The number of carbonyl (C=O) groups excluding carboxylic acids is 1. The predicted octanol–water partition coefficient (Wildman–Crippen LogP) is 1.25. The minimum atomic E-state index is -0.321. The van der Waals surface area contributed by atoms with E-state index in [4.69, 9.17) is 4.84 Å². The summed E-state index contributed by atoms with van der Waals surface area (Å²) in [5, 5.41) is 11.9. The van der Waals surface area contributed by atoms with E-state index in [0.717, 1.165) is 38.8 Å². The van der Waals surface area contributed by atoms with Crippen LogP contribution in [0.4, 0.5) is 0 Å². The predicted molar refractivity (Wildman–Crippen MR) is 87.7 cm³/mol. The van der Waals surface area contributed by atoms with Gasteiger partial charge in [-0.15, -0.1) is 0 Å². The van der Waals surface area contributed by atoms with E-state index in [9.17, 15) is 9.90 Å². The van der Waals surface area contributed by atoms with E-state index in [1.54, 1.807) is 7.05 Å². The lowest BCUT2D eigenvalue weighted by Crippen LogP contribution is -2.52. The molecule has 0 saturated carbocycles. The molecule has 0 aromatic heterocycles. The fraction of sp³-hybridized carbons (Fsp3) is 0.611. The van der Waals surface area contributed by atoms with Crippen molar-refractivity contribution in [2.45, 2.75) is 37.8 Å². The molecule has 1 aromatic rings. The van der Waals surface area contributed by atoms with Gasteiger partial charge in [0.05, 0.1) is 13.2 Å². The minimum Gasteiger partial charge on any atom is -0.391 e. The van der Waals surface area contributed by atoms with Gasteiger partial charge in [-0.2, -0.15) is 0 Å². The van der Waals surface area contributed by atoms with Crippen LogP contribution < -0.4 is 0 Å². The average molecular weight is 318 g/mol. The Morgan fingerprint density at radius 2 is 1.83 bits per heavy atom. The smallest absolute Gasteiger partial charge is 0.249 e. The number of aliphatic hydroxyl groups is 1. The first-order valence-corrected chi connectivity index (χ1v) is 8.40.